The molecule has 0 unspecified atom stereocenters. The summed E-state index contributed by atoms with van der Waals surface area (Å²) < 4.78 is 7.11. The molecule has 41 heavy (non-hydrogen) atoms. The van der Waals surface area contributed by atoms with Gasteiger partial charge in [-0.25, -0.2) is 9.97 Å². The van der Waals surface area contributed by atoms with Crippen molar-refractivity contribution in [2.45, 2.75) is 96.5 Å². The van der Waals surface area contributed by atoms with Crippen LogP contribution in [0.1, 0.15) is 85.6 Å². The lowest BCUT2D eigenvalue weighted by molar-refractivity contribution is 0.0941. The van der Waals surface area contributed by atoms with E-state index in [2.05, 4.69) is 62.9 Å². The van der Waals surface area contributed by atoms with Gasteiger partial charge < -0.3 is 14.8 Å². The number of benzene rings is 1. The van der Waals surface area contributed by atoms with Gasteiger partial charge >= 0.3 is 0 Å². The van der Waals surface area contributed by atoms with E-state index in [0.29, 0.717) is 37.9 Å². The summed E-state index contributed by atoms with van der Waals surface area (Å²) in [4.78, 5) is 24.3. The Morgan fingerprint density at radius 3 is 2.49 bits per heavy atom. The number of nitrogens with zero attached hydrogens (tertiary/aromatic N) is 2. The van der Waals surface area contributed by atoms with Crippen LogP contribution in [-0.2, 0) is 10.8 Å². The Bertz CT molecular complexity index is 1320. The molecule has 6 nitrogen and oxygen atoms in total. The van der Waals surface area contributed by atoms with Crippen LogP contribution in [0.15, 0.2) is 42.9 Å². The van der Waals surface area contributed by atoms with E-state index in [1.54, 1.807) is 6.20 Å². The quantitative estimate of drug-likeness (QED) is 0.159. The van der Waals surface area contributed by atoms with E-state index < -0.39 is 8.32 Å². The number of nitrogens with one attached hydrogen (secondary N) is 1. The van der Waals surface area contributed by atoms with Crippen LogP contribution in [0.25, 0.3) is 0 Å². The third-order valence-electron chi connectivity index (χ3n) is 8.67. The third kappa shape index (κ3) is 6.94. The van der Waals surface area contributed by atoms with Crippen LogP contribution in [0.2, 0.25) is 21.6 Å². The lowest BCUT2D eigenvalue weighted by Crippen LogP contribution is -2.51. The van der Waals surface area contributed by atoms with Gasteiger partial charge in [-0.1, -0.05) is 65.3 Å². The molecular weight excluding hydrogens is 570 g/mol. The van der Waals surface area contributed by atoms with Crippen LogP contribution in [0.3, 0.4) is 0 Å². The SMILES string of the molecule is Cc1cc(Cc2cccc(Cl)c2)sc1C(=O)c1cncnc1N[C@@H]1C[C@H](CO)[C@@H](O[Si](C(C)C)(C(C)C)C(C)C)C1. The maximum Gasteiger partial charge on any atom is 0.208 e. The fraction of sp³-hybridized carbons (Fsp3) is 0.531. The van der Waals surface area contributed by atoms with E-state index in [1.165, 1.54) is 17.7 Å². The summed E-state index contributed by atoms with van der Waals surface area (Å²) in [7, 11) is -2.11. The molecule has 0 amide bonds. The van der Waals surface area contributed by atoms with Crippen LogP contribution >= 0.6 is 22.9 Å². The number of aromatic nitrogens is 2. The molecule has 0 saturated heterocycles. The van der Waals surface area contributed by atoms with Crippen molar-refractivity contribution in [1.82, 2.24) is 9.97 Å². The van der Waals surface area contributed by atoms with Crippen molar-refractivity contribution in [1.29, 1.82) is 0 Å². The first-order valence-electron chi connectivity index (χ1n) is 14.7. The highest BCUT2D eigenvalue weighted by Crippen LogP contribution is 2.46. The molecule has 1 aromatic carbocycles. The summed E-state index contributed by atoms with van der Waals surface area (Å²) in [5, 5.41) is 14.5. The Hall–Kier alpha value is -2.10. The van der Waals surface area contributed by atoms with Crippen molar-refractivity contribution in [3.8, 4) is 0 Å². The van der Waals surface area contributed by atoms with E-state index in [1.807, 2.05) is 31.2 Å². The molecule has 1 saturated carbocycles. The molecule has 0 aliphatic heterocycles. The van der Waals surface area contributed by atoms with Gasteiger partial charge in [0.2, 0.25) is 14.1 Å². The number of hydrogen-bond acceptors (Lipinski definition) is 7. The minimum Gasteiger partial charge on any atom is -0.413 e. The monoisotopic (exact) mass is 613 g/mol. The Kier molecular flexibility index (Phi) is 10.5. The molecule has 222 valence electrons. The highest BCUT2D eigenvalue weighted by Gasteiger charge is 2.49. The van der Waals surface area contributed by atoms with Crippen LogP contribution < -0.4 is 5.32 Å². The zero-order valence-corrected chi connectivity index (χ0v) is 27.9. The summed E-state index contributed by atoms with van der Waals surface area (Å²) in [6, 6.07) is 9.93. The minimum absolute atomic E-state index is 0.0223. The number of carbonyl (C=O) groups is 1. The number of thiophene rings is 1. The smallest absolute Gasteiger partial charge is 0.208 e. The van der Waals surface area contributed by atoms with E-state index in [-0.39, 0.29) is 30.5 Å². The zero-order valence-electron chi connectivity index (χ0n) is 25.3. The van der Waals surface area contributed by atoms with Crippen molar-refractivity contribution < 1.29 is 14.3 Å². The number of hydrogen-bond donors (Lipinski definition) is 2. The van der Waals surface area contributed by atoms with E-state index in [9.17, 15) is 9.90 Å². The number of anilines is 1. The van der Waals surface area contributed by atoms with Gasteiger partial charge in [-0.2, -0.15) is 0 Å². The molecule has 1 fully saturated rings. The number of carbonyl (C=O) groups excluding carboxylic acids is 1. The molecule has 2 N–H and O–H groups in total. The number of rotatable bonds is 12. The van der Waals surface area contributed by atoms with Crippen molar-refractivity contribution in [3.05, 3.63) is 74.3 Å². The summed E-state index contributed by atoms with van der Waals surface area (Å²) in [5.41, 5.74) is 3.93. The van der Waals surface area contributed by atoms with Crippen LogP contribution in [-0.4, -0.2) is 47.9 Å². The molecule has 4 rings (SSSR count). The van der Waals surface area contributed by atoms with Crippen molar-refractivity contribution in [2.24, 2.45) is 5.92 Å². The van der Waals surface area contributed by atoms with Gasteiger partial charge in [0, 0.05) is 41.1 Å². The van der Waals surface area contributed by atoms with E-state index >= 15 is 0 Å². The highest BCUT2D eigenvalue weighted by atomic mass is 35.5. The predicted octanol–water partition coefficient (Wildman–Crippen LogP) is 8.07. The minimum atomic E-state index is -2.11. The second-order valence-corrected chi connectivity index (χ2v) is 19.4. The van der Waals surface area contributed by atoms with Gasteiger partial charge in [0.25, 0.3) is 0 Å². The molecule has 1 aliphatic rings. The molecule has 1 aliphatic carbocycles. The molecule has 0 radical (unpaired) electrons. The Balaban J connectivity index is 1.53. The lowest BCUT2D eigenvalue weighted by Gasteiger charge is -2.45. The number of halogens is 1. The standard InChI is InChI=1S/C32H44ClN3O3SSi/c1-19(2)41(20(3)4,21(5)6)39-29-15-26(14-24(29)17-37)36-32-28(16-34-18-35-32)30(38)31-22(7)11-27(40-31)13-23-9-8-10-25(33)12-23/h8-12,16,18-21,24,26,29,37H,13-15,17H2,1-7H3,(H,34,35,36)/t24-,26-,29+/m1/s1. The number of aliphatic hydroxyl groups is 1. The summed E-state index contributed by atoms with van der Waals surface area (Å²) in [5.74, 6) is 0.505. The maximum atomic E-state index is 13.8. The molecule has 3 atom stereocenters. The normalized spacial score (nSPS) is 19.5. The zero-order chi connectivity index (χ0) is 29.9. The van der Waals surface area contributed by atoms with Crippen molar-refractivity contribution in [2.75, 3.05) is 11.9 Å². The second kappa shape index (κ2) is 13.5. The predicted molar refractivity (Wildman–Crippen MR) is 172 cm³/mol. The highest BCUT2D eigenvalue weighted by molar-refractivity contribution is 7.14. The average Bonchev–Trinajstić information content (AvgIpc) is 3.48. The molecule has 3 aromatic rings. The van der Waals surface area contributed by atoms with Crippen LogP contribution in [0.5, 0.6) is 0 Å². The number of aliphatic hydroxyl groups excluding tert-OH is 1. The van der Waals surface area contributed by atoms with Gasteiger partial charge in [-0.3, -0.25) is 4.79 Å². The first-order chi connectivity index (χ1) is 19.5. The number of aryl methyl sites for hydroxylation is 1. The summed E-state index contributed by atoms with van der Waals surface area (Å²) in [6.45, 7) is 15.8. The van der Waals surface area contributed by atoms with Gasteiger partial charge in [-0.05, 0) is 65.7 Å². The molecule has 0 bridgehead atoms. The largest absolute Gasteiger partial charge is 0.413 e. The van der Waals surface area contributed by atoms with Crippen LogP contribution in [0, 0.1) is 12.8 Å². The Morgan fingerprint density at radius 2 is 1.85 bits per heavy atom. The Labute approximate surface area is 255 Å². The topological polar surface area (TPSA) is 84.3 Å². The maximum absolute atomic E-state index is 13.8. The van der Waals surface area contributed by atoms with Crippen molar-refractivity contribution in [3.63, 3.8) is 0 Å². The van der Waals surface area contributed by atoms with E-state index in [4.69, 9.17) is 16.0 Å². The fourth-order valence-corrected chi connectivity index (χ4v) is 13.8. The lowest BCUT2D eigenvalue weighted by atomic mass is 10.1. The van der Waals surface area contributed by atoms with Crippen LogP contribution in [0.4, 0.5) is 5.82 Å². The fourth-order valence-electron chi connectivity index (χ4n) is 6.85. The third-order valence-corrected chi connectivity index (χ3v) is 16.3. The first-order valence-corrected chi connectivity index (χ1v) is 18.0. The van der Waals surface area contributed by atoms with Crippen molar-refractivity contribution >= 4 is 42.9 Å². The Morgan fingerprint density at radius 1 is 1.15 bits per heavy atom. The molecule has 0 spiro atoms. The van der Waals surface area contributed by atoms with E-state index in [0.717, 1.165) is 35.3 Å². The molecule has 9 heteroatoms. The first kappa shape index (κ1) is 31.8. The van der Waals surface area contributed by atoms with Gasteiger partial charge in [0.15, 0.2) is 0 Å². The molecular formula is C32H44ClN3O3SSi. The van der Waals surface area contributed by atoms with Gasteiger partial charge in [0.1, 0.15) is 12.1 Å². The van der Waals surface area contributed by atoms with Gasteiger partial charge in [0.05, 0.1) is 16.5 Å². The second-order valence-electron chi connectivity index (χ2n) is 12.4. The molecule has 2 aromatic heterocycles. The summed E-state index contributed by atoms with van der Waals surface area (Å²) in [6.07, 6.45) is 5.31. The summed E-state index contributed by atoms with van der Waals surface area (Å²) >= 11 is 7.68. The number of ketones is 1. The molecule has 2 heterocycles. The van der Waals surface area contributed by atoms with Gasteiger partial charge in [-0.15, -0.1) is 11.3 Å². The average molecular weight is 614 g/mol.